The molecule has 1 unspecified atom stereocenters. The van der Waals surface area contributed by atoms with Crippen LogP contribution in [0, 0.1) is 17.6 Å². The molecule has 28 heavy (non-hydrogen) atoms. The Kier molecular flexibility index (Phi) is 5.82. The second-order valence-electron chi connectivity index (χ2n) is 6.83. The fraction of sp³-hybridized carbons (Fsp3) is 0.333. The zero-order chi connectivity index (χ0) is 20.5. The molecule has 1 saturated carbocycles. The van der Waals surface area contributed by atoms with Gasteiger partial charge in [0.05, 0.1) is 17.1 Å². The molecule has 4 rings (SSSR count). The lowest BCUT2D eigenvalue weighted by molar-refractivity contribution is 0.124. The van der Waals surface area contributed by atoms with Crippen molar-refractivity contribution >= 4 is 21.4 Å². The summed E-state index contributed by atoms with van der Waals surface area (Å²) in [4.78, 5) is 0.0605. The van der Waals surface area contributed by atoms with Gasteiger partial charge in [0.25, 0.3) is 0 Å². The quantitative estimate of drug-likeness (QED) is 0.581. The third-order valence-electron chi connectivity index (χ3n) is 5.52. The van der Waals surface area contributed by atoms with Gasteiger partial charge in [0.1, 0.15) is 10.6 Å². The summed E-state index contributed by atoms with van der Waals surface area (Å²) in [5.41, 5.74) is -0.164. The molecule has 2 atom stereocenters. The van der Waals surface area contributed by atoms with E-state index < -0.39 is 32.1 Å². The van der Waals surface area contributed by atoms with Gasteiger partial charge in [-0.1, -0.05) is 24.4 Å². The fourth-order valence-electron chi connectivity index (χ4n) is 4.33. The monoisotopic (exact) mass is 426 g/mol. The Morgan fingerprint density at radius 2 is 1.68 bits per heavy atom. The van der Waals surface area contributed by atoms with Gasteiger partial charge in [-0.15, -0.1) is 13.2 Å². The van der Waals surface area contributed by atoms with Crippen LogP contribution in [-0.2, 0) is 14.6 Å². The number of hydrogen-bond acceptors (Lipinski definition) is 3. The number of ether oxygens (including phenoxy) is 1. The number of rotatable bonds is 2. The first-order chi connectivity index (χ1) is 13.4. The molecule has 0 bridgehead atoms. The van der Waals surface area contributed by atoms with E-state index in [0.717, 1.165) is 18.6 Å². The van der Waals surface area contributed by atoms with E-state index in [4.69, 9.17) is 16.3 Å². The molecule has 7 heteroatoms. The number of fused-ring (bicyclic) bond motifs is 3. The van der Waals surface area contributed by atoms with E-state index in [9.17, 15) is 17.2 Å². The predicted octanol–water partition coefficient (Wildman–Crippen LogP) is 5.67. The van der Waals surface area contributed by atoms with Gasteiger partial charge in [0.2, 0.25) is 0 Å². The lowest BCUT2D eigenvalue weighted by atomic mass is 9.73. The van der Waals surface area contributed by atoms with Gasteiger partial charge in [-0.25, -0.2) is 17.2 Å². The van der Waals surface area contributed by atoms with Crippen molar-refractivity contribution in [2.45, 2.75) is 35.3 Å². The van der Waals surface area contributed by atoms with Crippen molar-refractivity contribution in [3.05, 3.63) is 71.8 Å². The van der Waals surface area contributed by atoms with Crippen LogP contribution in [0.1, 0.15) is 31.2 Å². The summed E-state index contributed by atoms with van der Waals surface area (Å²) >= 11 is 5.89. The van der Waals surface area contributed by atoms with E-state index >= 15 is 0 Å². The maximum absolute atomic E-state index is 14.8. The Bertz CT molecular complexity index is 976. The van der Waals surface area contributed by atoms with Crippen molar-refractivity contribution < 1.29 is 21.9 Å². The molecule has 1 fully saturated rings. The molecule has 0 spiro atoms. The lowest BCUT2D eigenvalue weighted by Gasteiger charge is -2.47. The highest BCUT2D eigenvalue weighted by Gasteiger charge is 2.58. The molecule has 2 aromatic carbocycles. The highest BCUT2D eigenvalue weighted by Crippen LogP contribution is 2.56. The number of hydrogen-bond donors (Lipinski definition) is 0. The molecule has 1 aliphatic carbocycles. The van der Waals surface area contributed by atoms with Crippen molar-refractivity contribution in [3.63, 3.8) is 0 Å². The molecule has 150 valence electrons. The molecule has 1 aliphatic heterocycles. The molecule has 0 aromatic heterocycles. The van der Waals surface area contributed by atoms with E-state index in [1.54, 1.807) is 0 Å². The van der Waals surface area contributed by atoms with E-state index in [0.29, 0.717) is 17.9 Å². The van der Waals surface area contributed by atoms with Crippen LogP contribution >= 0.6 is 11.6 Å². The summed E-state index contributed by atoms with van der Waals surface area (Å²) in [5, 5.41) is 0.409. The summed E-state index contributed by atoms with van der Waals surface area (Å²) in [5.74, 6) is -2.19. The summed E-state index contributed by atoms with van der Waals surface area (Å²) in [7, 11) is -4.00. The van der Waals surface area contributed by atoms with Crippen molar-refractivity contribution in [1.29, 1.82) is 0 Å². The Morgan fingerprint density at radius 3 is 2.36 bits per heavy atom. The molecule has 0 amide bonds. The SMILES string of the molecule is C=C.O=S(=O)(c1ccc(Cl)cc1)[C@@]12CCCCC1COc1c(F)ccc(F)c12. The molecule has 3 nitrogen and oxygen atoms in total. The normalized spacial score (nSPS) is 23.5. The first-order valence-electron chi connectivity index (χ1n) is 8.99. The van der Waals surface area contributed by atoms with E-state index in [1.165, 1.54) is 24.3 Å². The van der Waals surface area contributed by atoms with E-state index in [-0.39, 0.29) is 29.2 Å². The summed E-state index contributed by atoms with van der Waals surface area (Å²) < 4.78 is 60.5. The van der Waals surface area contributed by atoms with Gasteiger partial charge in [-0.2, -0.15) is 0 Å². The Balaban J connectivity index is 0.00000109. The van der Waals surface area contributed by atoms with Gasteiger partial charge in [0, 0.05) is 10.9 Å². The maximum atomic E-state index is 14.8. The van der Waals surface area contributed by atoms with Gasteiger partial charge < -0.3 is 4.74 Å². The van der Waals surface area contributed by atoms with Gasteiger partial charge >= 0.3 is 0 Å². The maximum Gasteiger partial charge on any atom is 0.188 e. The van der Waals surface area contributed by atoms with Crippen LogP contribution in [0.2, 0.25) is 5.02 Å². The first kappa shape index (κ1) is 20.8. The summed E-state index contributed by atoms with van der Waals surface area (Å²) in [6.45, 7) is 6.06. The minimum atomic E-state index is -4.00. The minimum Gasteiger partial charge on any atom is -0.490 e. The van der Waals surface area contributed by atoms with Crippen LogP contribution in [0.3, 0.4) is 0 Å². The number of sulfone groups is 1. The minimum absolute atomic E-state index is 0.0557. The highest BCUT2D eigenvalue weighted by atomic mass is 35.5. The van der Waals surface area contributed by atoms with Crippen LogP contribution < -0.4 is 4.74 Å². The Labute approximate surface area is 168 Å². The van der Waals surface area contributed by atoms with Crippen LogP contribution in [0.15, 0.2) is 54.5 Å². The molecular formula is C21H21ClF2O3S. The molecule has 0 N–H and O–H groups in total. The van der Waals surface area contributed by atoms with E-state index in [1.807, 2.05) is 0 Å². The lowest BCUT2D eigenvalue weighted by Crippen LogP contribution is -2.50. The predicted molar refractivity (Wildman–Crippen MR) is 105 cm³/mol. The molecule has 1 heterocycles. The van der Waals surface area contributed by atoms with Crippen LogP contribution in [0.4, 0.5) is 8.78 Å². The van der Waals surface area contributed by atoms with Crippen LogP contribution in [-0.4, -0.2) is 15.0 Å². The van der Waals surface area contributed by atoms with E-state index in [2.05, 4.69) is 13.2 Å². The average molecular weight is 427 g/mol. The molecule has 2 aromatic rings. The molecule has 0 saturated heterocycles. The highest BCUT2D eigenvalue weighted by molar-refractivity contribution is 7.92. The largest absolute Gasteiger partial charge is 0.490 e. The first-order valence-corrected chi connectivity index (χ1v) is 10.9. The van der Waals surface area contributed by atoms with Crippen molar-refractivity contribution in [1.82, 2.24) is 0 Å². The zero-order valence-corrected chi connectivity index (χ0v) is 16.8. The third kappa shape index (κ3) is 3.03. The van der Waals surface area contributed by atoms with Gasteiger partial charge in [-0.3, -0.25) is 0 Å². The molecule has 0 radical (unpaired) electrons. The second kappa shape index (κ2) is 7.84. The second-order valence-corrected chi connectivity index (χ2v) is 9.48. The standard InChI is InChI=1S/C19H17ClF2O3S.C2H4/c20-13-4-6-14(7-5-13)26(23,24)19-10-2-1-3-12(19)11-25-18-16(22)9-8-15(21)17(18)19;1-2/h4-9,12H,1-3,10-11H2;1-2H2/t12?,19-;/m0./s1. The number of halogens is 3. The zero-order valence-electron chi connectivity index (χ0n) is 15.3. The van der Waals surface area contributed by atoms with Crippen molar-refractivity contribution in [2.75, 3.05) is 6.61 Å². The van der Waals surface area contributed by atoms with Gasteiger partial charge in [-0.05, 0) is 49.2 Å². The fourth-order valence-corrected chi connectivity index (χ4v) is 6.87. The Morgan fingerprint density at radius 1 is 1.04 bits per heavy atom. The van der Waals surface area contributed by atoms with Crippen LogP contribution in [0.5, 0.6) is 5.75 Å². The summed E-state index contributed by atoms with van der Waals surface area (Å²) in [6, 6.07) is 7.78. The average Bonchev–Trinajstić information content (AvgIpc) is 2.72. The molecular weight excluding hydrogens is 406 g/mol. The number of benzene rings is 2. The molecule has 2 aliphatic rings. The van der Waals surface area contributed by atoms with Crippen molar-refractivity contribution in [3.8, 4) is 5.75 Å². The Hall–Kier alpha value is -1.92. The van der Waals surface area contributed by atoms with Crippen molar-refractivity contribution in [2.24, 2.45) is 5.92 Å². The van der Waals surface area contributed by atoms with Gasteiger partial charge in [0.15, 0.2) is 21.4 Å². The van der Waals surface area contributed by atoms with Crippen LogP contribution in [0.25, 0.3) is 0 Å². The third-order valence-corrected chi connectivity index (χ3v) is 8.37. The smallest absolute Gasteiger partial charge is 0.188 e. The topological polar surface area (TPSA) is 43.4 Å². The summed E-state index contributed by atoms with van der Waals surface area (Å²) in [6.07, 6.45) is 2.28.